The van der Waals surface area contributed by atoms with Crippen LogP contribution < -0.4 is 4.74 Å². The highest BCUT2D eigenvalue weighted by molar-refractivity contribution is 6.31. The number of benzene rings is 3. The minimum absolute atomic E-state index is 0.0337. The highest BCUT2D eigenvalue weighted by atomic mass is 35.5. The minimum atomic E-state index is -1.09. The molecule has 45 heavy (non-hydrogen) atoms. The highest BCUT2D eigenvalue weighted by Gasteiger charge is 2.39. The number of carboxylic acid groups (broad SMARTS) is 1. The van der Waals surface area contributed by atoms with Crippen LogP contribution in [0.3, 0.4) is 0 Å². The summed E-state index contributed by atoms with van der Waals surface area (Å²) in [6.45, 7) is 4.63. The summed E-state index contributed by atoms with van der Waals surface area (Å²) in [7, 11) is 0. The first-order chi connectivity index (χ1) is 21.4. The molecular formula is C33H26ClF4N3O4. The standard InChI is InChI=1S/C33H26ClF4N3O4/c1-33(2)16-44-15-29(33)41-28-10-17(32(42)43)6-7-27(28)39-30(41)11-18-8-23(36)20(12-22(18)35)26-4-3-5-31(40-26)45-14-19-9-24(37)25(38)13-21(19)34/h3-10,12-13,29H,11,14-16H2,1-2H3,(H,42,43). The van der Waals surface area contributed by atoms with Crippen LogP contribution in [0.1, 0.15) is 47.2 Å². The van der Waals surface area contributed by atoms with Crippen molar-refractivity contribution >= 4 is 28.6 Å². The first-order valence-electron chi connectivity index (χ1n) is 13.9. The summed E-state index contributed by atoms with van der Waals surface area (Å²) in [6, 6.07) is 12.7. The van der Waals surface area contributed by atoms with E-state index in [2.05, 4.69) is 9.97 Å². The number of aromatic nitrogens is 3. The molecular weight excluding hydrogens is 614 g/mol. The van der Waals surface area contributed by atoms with Gasteiger partial charge in [-0.05, 0) is 54.1 Å². The molecule has 1 unspecified atom stereocenters. The third kappa shape index (κ3) is 5.97. The van der Waals surface area contributed by atoms with Crippen LogP contribution >= 0.6 is 11.6 Å². The Hall–Kier alpha value is -4.48. The van der Waals surface area contributed by atoms with Gasteiger partial charge >= 0.3 is 5.97 Å². The summed E-state index contributed by atoms with van der Waals surface area (Å²) in [5.74, 6) is -4.23. The van der Waals surface area contributed by atoms with E-state index in [1.54, 1.807) is 6.07 Å². The molecule has 1 aliphatic rings. The number of imidazole rings is 1. The quantitative estimate of drug-likeness (QED) is 0.138. The van der Waals surface area contributed by atoms with Crippen LogP contribution in [0.4, 0.5) is 17.6 Å². The Balaban J connectivity index is 1.31. The Morgan fingerprint density at radius 3 is 2.49 bits per heavy atom. The Morgan fingerprint density at radius 1 is 1.00 bits per heavy atom. The van der Waals surface area contributed by atoms with E-state index in [-0.39, 0.29) is 63.3 Å². The maximum atomic E-state index is 15.6. The fraction of sp³-hybridized carbons (Fsp3) is 0.242. The topological polar surface area (TPSA) is 86.5 Å². The van der Waals surface area contributed by atoms with Gasteiger partial charge in [0.15, 0.2) is 11.6 Å². The highest BCUT2D eigenvalue weighted by Crippen LogP contribution is 2.40. The lowest BCUT2D eigenvalue weighted by molar-refractivity contribution is 0.0697. The first-order valence-corrected chi connectivity index (χ1v) is 14.3. The fourth-order valence-corrected chi connectivity index (χ4v) is 5.69. The summed E-state index contributed by atoms with van der Waals surface area (Å²) >= 11 is 5.97. The molecule has 0 saturated carbocycles. The van der Waals surface area contributed by atoms with Gasteiger partial charge in [-0.25, -0.2) is 32.3 Å². The molecule has 0 bridgehead atoms. The molecule has 1 saturated heterocycles. The lowest BCUT2D eigenvalue weighted by atomic mass is 9.87. The third-order valence-corrected chi connectivity index (χ3v) is 8.27. The van der Waals surface area contributed by atoms with Gasteiger partial charge in [0, 0.05) is 29.0 Å². The largest absolute Gasteiger partial charge is 0.478 e. The van der Waals surface area contributed by atoms with Crippen molar-refractivity contribution in [1.82, 2.24) is 14.5 Å². The molecule has 232 valence electrons. The second-order valence-electron chi connectivity index (χ2n) is 11.5. The Morgan fingerprint density at radius 2 is 1.76 bits per heavy atom. The van der Waals surface area contributed by atoms with Crippen LogP contribution in [0.5, 0.6) is 5.88 Å². The number of pyridine rings is 1. The number of rotatable bonds is 8. The van der Waals surface area contributed by atoms with Crippen molar-refractivity contribution in [3.8, 4) is 17.1 Å². The summed E-state index contributed by atoms with van der Waals surface area (Å²) in [6.07, 6.45) is -0.0712. The second-order valence-corrected chi connectivity index (χ2v) is 11.9. The zero-order valence-electron chi connectivity index (χ0n) is 24.1. The summed E-state index contributed by atoms with van der Waals surface area (Å²) < 4.78 is 71.4. The van der Waals surface area contributed by atoms with E-state index in [4.69, 9.17) is 21.1 Å². The van der Waals surface area contributed by atoms with Crippen LogP contribution in [0.15, 0.2) is 60.7 Å². The predicted molar refractivity (Wildman–Crippen MR) is 158 cm³/mol. The van der Waals surface area contributed by atoms with Crippen molar-refractivity contribution in [1.29, 1.82) is 0 Å². The van der Waals surface area contributed by atoms with Crippen LogP contribution in [-0.2, 0) is 17.8 Å². The van der Waals surface area contributed by atoms with Crippen molar-refractivity contribution in [2.45, 2.75) is 32.9 Å². The SMILES string of the molecule is CC1(C)COCC1n1c(Cc2cc(F)c(-c3cccc(OCc4cc(F)c(F)cc4Cl)n3)cc2F)nc2ccc(C(=O)O)cc21. The second kappa shape index (κ2) is 11.8. The number of ether oxygens (including phenoxy) is 2. The number of hydrogen-bond donors (Lipinski definition) is 1. The van der Waals surface area contributed by atoms with Crippen LogP contribution in [0.25, 0.3) is 22.3 Å². The van der Waals surface area contributed by atoms with Crippen molar-refractivity contribution in [2.75, 3.05) is 13.2 Å². The molecule has 1 aliphatic heterocycles. The Bertz CT molecular complexity index is 1960. The van der Waals surface area contributed by atoms with Crippen LogP contribution in [-0.4, -0.2) is 38.8 Å². The summed E-state index contributed by atoms with van der Waals surface area (Å²) in [4.78, 5) is 20.6. The molecule has 0 amide bonds. The van der Waals surface area contributed by atoms with E-state index >= 15 is 8.78 Å². The number of halogens is 5. The third-order valence-electron chi connectivity index (χ3n) is 7.92. The van der Waals surface area contributed by atoms with Gasteiger partial charge in [0.25, 0.3) is 0 Å². The van der Waals surface area contributed by atoms with Crippen molar-refractivity contribution in [3.63, 3.8) is 0 Å². The van der Waals surface area contributed by atoms with Gasteiger partial charge in [-0.15, -0.1) is 0 Å². The molecule has 7 nitrogen and oxygen atoms in total. The van der Waals surface area contributed by atoms with E-state index in [1.165, 1.54) is 30.3 Å². The van der Waals surface area contributed by atoms with E-state index < -0.39 is 29.2 Å². The van der Waals surface area contributed by atoms with Gasteiger partial charge in [-0.2, -0.15) is 0 Å². The first kappa shape index (κ1) is 30.5. The van der Waals surface area contributed by atoms with Gasteiger partial charge in [0.1, 0.15) is 24.1 Å². The lowest BCUT2D eigenvalue weighted by Gasteiger charge is -2.28. The fourth-order valence-electron chi connectivity index (χ4n) is 5.49. The monoisotopic (exact) mass is 639 g/mol. The molecule has 0 radical (unpaired) electrons. The zero-order valence-corrected chi connectivity index (χ0v) is 24.8. The smallest absolute Gasteiger partial charge is 0.335 e. The average Bonchev–Trinajstić information content (AvgIpc) is 3.53. The molecule has 3 aromatic carbocycles. The van der Waals surface area contributed by atoms with E-state index in [1.807, 2.05) is 18.4 Å². The number of nitrogens with zero attached hydrogens (tertiary/aromatic N) is 3. The normalized spacial score (nSPS) is 15.9. The van der Waals surface area contributed by atoms with Crippen molar-refractivity contribution in [3.05, 3.63) is 111 Å². The van der Waals surface area contributed by atoms with Crippen molar-refractivity contribution < 1.29 is 36.9 Å². The number of carboxylic acids is 1. The van der Waals surface area contributed by atoms with Gasteiger partial charge in [0.2, 0.25) is 5.88 Å². The molecule has 1 fully saturated rings. The molecule has 3 heterocycles. The molecule has 1 N–H and O–H groups in total. The summed E-state index contributed by atoms with van der Waals surface area (Å²) in [5, 5.41) is 9.54. The molecule has 0 spiro atoms. The van der Waals surface area contributed by atoms with E-state index in [0.717, 1.165) is 24.3 Å². The predicted octanol–water partition coefficient (Wildman–Crippen LogP) is 7.77. The molecule has 1 atom stereocenters. The zero-order chi connectivity index (χ0) is 32.0. The molecule has 0 aliphatic carbocycles. The van der Waals surface area contributed by atoms with Gasteiger partial charge < -0.3 is 19.1 Å². The maximum absolute atomic E-state index is 15.6. The van der Waals surface area contributed by atoms with E-state index in [9.17, 15) is 18.7 Å². The number of carbonyl (C=O) groups is 1. The maximum Gasteiger partial charge on any atom is 0.335 e. The van der Waals surface area contributed by atoms with Crippen LogP contribution in [0.2, 0.25) is 5.02 Å². The number of hydrogen-bond acceptors (Lipinski definition) is 5. The number of aromatic carboxylic acids is 1. The van der Waals surface area contributed by atoms with E-state index in [0.29, 0.717) is 30.1 Å². The number of fused-ring (bicyclic) bond motifs is 1. The van der Waals surface area contributed by atoms with Crippen molar-refractivity contribution in [2.24, 2.45) is 5.41 Å². The van der Waals surface area contributed by atoms with Gasteiger partial charge in [0.05, 0.1) is 46.6 Å². The molecule has 2 aromatic heterocycles. The lowest BCUT2D eigenvalue weighted by Crippen LogP contribution is -2.27. The average molecular weight is 640 g/mol. The van der Waals surface area contributed by atoms with Gasteiger partial charge in [-0.1, -0.05) is 31.5 Å². The van der Waals surface area contributed by atoms with Crippen LogP contribution in [0, 0.1) is 28.7 Å². The van der Waals surface area contributed by atoms with Gasteiger partial charge in [-0.3, -0.25) is 0 Å². The molecule has 6 rings (SSSR count). The summed E-state index contributed by atoms with van der Waals surface area (Å²) in [5.41, 5.74) is 1.05. The Kier molecular flexibility index (Phi) is 8.00. The molecule has 12 heteroatoms. The minimum Gasteiger partial charge on any atom is -0.478 e. The Labute approximate surface area is 260 Å². The molecule has 5 aromatic rings.